The molecule has 0 radical (unpaired) electrons. The number of ether oxygens (including phenoxy) is 1. The van der Waals surface area contributed by atoms with Crippen molar-refractivity contribution >= 4 is 5.95 Å². The molecule has 1 aliphatic heterocycles. The molecule has 0 aliphatic carbocycles. The first-order chi connectivity index (χ1) is 8.74. The molecule has 2 heterocycles. The zero-order valence-electron chi connectivity index (χ0n) is 11.1. The summed E-state index contributed by atoms with van der Waals surface area (Å²) in [6.07, 6.45) is 4.83. The third-order valence-electron chi connectivity index (χ3n) is 2.85. The minimum Gasteiger partial charge on any atom is -0.378 e. The van der Waals surface area contributed by atoms with Gasteiger partial charge in [-0.05, 0) is 17.9 Å². The van der Waals surface area contributed by atoms with Crippen LogP contribution in [0.2, 0.25) is 0 Å². The summed E-state index contributed by atoms with van der Waals surface area (Å²) >= 11 is 0. The Labute approximate surface area is 108 Å². The second-order valence-electron chi connectivity index (χ2n) is 5.12. The molecule has 5 heteroatoms. The van der Waals surface area contributed by atoms with Crippen LogP contribution in [-0.2, 0) is 11.2 Å². The number of nitrogens with zero attached hydrogens (tertiary/aromatic N) is 2. The maximum atomic E-state index is 5.39. The van der Waals surface area contributed by atoms with Crippen LogP contribution in [-0.4, -0.2) is 42.3 Å². The molecule has 2 N–H and O–H groups in total. The van der Waals surface area contributed by atoms with E-state index in [9.17, 15) is 0 Å². The van der Waals surface area contributed by atoms with Crippen molar-refractivity contribution in [2.45, 2.75) is 26.3 Å². The van der Waals surface area contributed by atoms with Crippen molar-refractivity contribution in [2.24, 2.45) is 5.92 Å². The fraction of sp³-hybridized carbons (Fsp3) is 0.692. The van der Waals surface area contributed by atoms with Crippen LogP contribution in [0.4, 0.5) is 5.95 Å². The van der Waals surface area contributed by atoms with Crippen LogP contribution in [0, 0.1) is 5.92 Å². The molecule has 0 bridgehead atoms. The van der Waals surface area contributed by atoms with E-state index in [4.69, 9.17) is 4.74 Å². The second-order valence-corrected chi connectivity index (χ2v) is 5.12. The SMILES string of the molecule is CC(C)Cc1cnc(NCC2COCCN2)nc1. The Morgan fingerprint density at radius 3 is 2.83 bits per heavy atom. The monoisotopic (exact) mass is 250 g/mol. The molecule has 1 atom stereocenters. The highest BCUT2D eigenvalue weighted by atomic mass is 16.5. The standard InChI is InChI=1S/C13H22N4O/c1-10(2)5-11-6-15-13(16-7-11)17-8-12-9-18-4-3-14-12/h6-7,10,12,14H,3-5,8-9H2,1-2H3,(H,15,16,17). The molecule has 1 saturated heterocycles. The van der Waals surface area contributed by atoms with Crippen molar-refractivity contribution in [2.75, 3.05) is 31.6 Å². The molecule has 0 aromatic carbocycles. The first-order valence-electron chi connectivity index (χ1n) is 6.60. The van der Waals surface area contributed by atoms with E-state index in [1.807, 2.05) is 12.4 Å². The van der Waals surface area contributed by atoms with Crippen LogP contribution < -0.4 is 10.6 Å². The fourth-order valence-electron chi connectivity index (χ4n) is 1.99. The summed E-state index contributed by atoms with van der Waals surface area (Å²) in [5.41, 5.74) is 1.19. The predicted octanol–water partition coefficient (Wildman–Crippen LogP) is 1.08. The summed E-state index contributed by atoms with van der Waals surface area (Å²) in [5, 5.41) is 6.61. The molecular weight excluding hydrogens is 228 g/mol. The summed E-state index contributed by atoms with van der Waals surface area (Å²) < 4.78 is 5.39. The van der Waals surface area contributed by atoms with E-state index in [0.717, 1.165) is 32.7 Å². The molecule has 1 aliphatic rings. The number of anilines is 1. The number of aromatic nitrogens is 2. The Hall–Kier alpha value is -1.20. The smallest absolute Gasteiger partial charge is 0.222 e. The Kier molecular flexibility index (Phi) is 4.90. The van der Waals surface area contributed by atoms with Crippen molar-refractivity contribution in [3.8, 4) is 0 Å². The van der Waals surface area contributed by atoms with E-state index in [1.165, 1.54) is 5.56 Å². The molecule has 2 rings (SSSR count). The Balaban J connectivity index is 1.78. The van der Waals surface area contributed by atoms with Crippen LogP contribution in [0.5, 0.6) is 0 Å². The Bertz CT molecular complexity index is 347. The molecular formula is C13H22N4O. The van der Waals surface area contributed by atoms with Gasteiger partial charge in [0.15, 0.2) is 0 Å². The van der Waals surface area contributed by atoms with Gasteiger partial charge in [-0.2, -0.15) is 0 Å². The highest BCUT2D eigenvalue weighted by Crippen LogP contribution is 2.07. The van der Waals surface area contributed by atoms with Crippen molar-refractivity contribution in [3.63, 3.8) is 0 Å². The lowest BCUT2D eigenvalue weighted by Gasteiger charge is -2.23. The molecule has 1 unspecified atom stereocenters. The first kappa shape index (κ1) is 13.2. The summed E-state index contributed by atoms with van der Waals surface area (Å²) in [6, 6.07) is 0.345. The van der Waals surface area contributed by atoms with Gasteiger partial charge in [0.1, 0.15) is 0 Å². The topological polar surface area (TPSA) is 59.1 Å². The van der Waals surface area contributed by atoms with Crippen LogP contribution in [0.25, 0.3) is 0 Å². The van der Waals surface area contributed by atoms with E-state index in [-0.39, 0.29) is 0 Å². The van der Waals surface area contributed by atoms with Gasteiger partial charge in [-0.25, -0.2) is 9.97 Å². The van der Waals surface area contributed by atoms with Gasteiger partial charge in [-0.3, -0.25) is 0 Å². The van der Waals surface area contributed by atoms with Gasteiger partial charge < -0.3 is 15.4 Å². The van der Waals surface area contributed by atoms with E-state index >= 15 is 0 Å². The first-order valence-corrected chi connectivity index (χ1v) is 6.60. The number of morpholine rings is 1. The summed E-state index contributed by atoms with van der Waals surface area (Å²) in [7, 11) is 0. The Morgan fingerprint density at radius 2 is 2.22 bits per heavy atom. The quantitative estimate of drug-likeness (QED) is 0.819. The number of rotatable bonds is 5. The maximum absolute atomic E-state index is 5.39. The highest BCUT2D eigenvalue weighted by Gasteiger charge is 2.12. The minimum absolute atomic E-state index is 0.345. The van der Waals surface area contributed by atoms with Gasteiger partial charge >= 0.3 is 0 Å². The lowest BCUT2D eigenvalue weighted by atomic mass is 10.1. The van der Waals surface area contributed by atoms with Crippen molar-refractivity contribution in [3.05, 3.63) is 18.0 Å². The molecule has 100 valence electrons. The summed E-state index contributed by atoms with van der Waals surface area (Å²) in [4.78, 5) is 8.65. The average molecular weight is 250 g/mol. The van der Waals surface area contributed by atoms with E-state index < -0.39 is 0 Å². The van der Waals surface area contributed by atoms with Gasteiger partial charge in [0.25, 0.3) is 0 Å². The van der Waals surface area contributed by atoms with Gasteiger partial charge in [0.05, 0.1) is 13.2 Å². The average Bonchev–Trinajstić information content (AvgIpc) is 2.38. The zero-order valence-corrected chi connectivity index (χ0v) is 11.1. The largest absolute Gasteiger partial charge is 0.378 e. The Morgan fingerprint density at radius 1 is 1.44 bits per heavy atom. The second kappa shape index (κ2) is 6.66. The molecule has 1 fully saturated rings. The molecule has 5 nitrogen and oxygen atoms in total. The summed E-state index contributed by atoms with van der Waals surface area (Å²) in [6.45, 7) is 7.65. The number of hydrogen-bond acceptors (Lipinski definition) is 5. The van der Waals surface area contributed by atoms with Crippen LogP contribution >= 0.6 is 0 Å². The van der Waals surface area contributed by atoms with Gasteiger partial charge in [-0.15, -0.1) is 0 Å². The zero-order chi connectivity index (χ0) is 12.8. The lowest BCUT2D eigenvalue weighted by Crippen LogP contribution is -2.45. The molecule has 0 saturated carbocycles. The third kappa shape index (κ3) is 4.23. The minimum atomic E-state index is 0.345. The van der Waals surface area contributed by atoms with Crippen LogP contribution in [0.3, 0.4) is 0 Å². The maximum Gasteiger partial charge on any atom is 0.222 e. The number of hydrogen-bond donors (Lipinski definition) is 2. The van der Waals surface area contributed by atoms with Crippen LogP contribution in [0.1, 0.15) is 19.4 Å². The van der Waals surface area contributed by atoms with Crippen LogP contribution in [0.15, 0.2) is 12.4 Å². The van der Waals surface area contributed by atoms with E-state index in [2.05, 4.69) is 34.4 Å². The van der Waals surface area contributed by atoms with Gasteiger partial charge in [0.2, 0.25) is 5.95 Å². The van der Waals surface area contributed by atoms with Crippen molar-refractivity contribution < 1.29 is 4.74 Å². The highest BCUT2D eigenvalue weighted by molar-refractivity contribution is 5.25. The normalized spacial score (nSPS) is 20.1. The van der Waals surface area contributed by atoms with Gasteiger partial charge in [0, 0.05) is 31.5 Å². The summed E-state index contributed by atoms with van der Waals surface area (Å²) in [5.74, 6) is 1.32. The molecule has 0 amide bonds. The lowest BCUT2D eigenvalue weighted by molar-refractivity contribution is 0.0806. The van der Waals surface area contributed by atoms with Crippen molar-refractivity contribution in [1.82, 2.24) is 15.3 Å². The fourth-order valence-corrected chi connectivity index (χ4v) is 1.99. The molecule has 0 spiro atoms. The van der Waals surface area contributed by atoms with Crippen molar-refractivity contribution in [1.29, 1.82) is 0 Å². The predicted molar refractivity (Wildman–Crippen MR) is 71.7 cm³/mol. The molecule has 1 aromatic heterocycles. The van der Waals surface area contributed by atoms with E-state index in [1.54, 1.807) is 0 Å². The van der Waals surface area contributed by atoms with Gasteiger partial charge in [-0.1, -0.05) is 13.8 Å². The van der Waals surface area contributed by atoms with E-state index in [0.29, 0.717) is 17.9 Å². The molecule has 1 aromatic rings. The number of nitrogens with one attached hydrogen (secondary N) is 2. The third-order valence-corrected chi connectivity index (χ3v) is 2.85. The molecule has 18 heavy (non-hydrogen) atoms.